The summed E-state index contributed by atoms with van der Waals surface area (Å²) in [6.07, 6.45) is -4.12. The summed E-state index contributed by atoms with van der Waals surface area (Å²) in [4.78, 5) is 0. The SMILES string of the molecule is CCNC(COCC(F)(F)F)Cc1ccc(F)c(F)c1. The van der Waals surface area contributed by atoms with Gasteiger partial charge in [0.15, 0.2) is 11.6 Å². The van der Waals surface area contributed by atoms with E-state index < -0.39 is 30.5 Å². The third-order valence-corrected chi connectivity index (χ3v) is 2.54. The summed E-state index contributed by atoms with van der Waals surface area (Å²) in [6.45, 7) is 0.838. The van der Waals surface area contributed by atoms with E-state index in [4.69, 9.17) is 0 Å². The average Bonchev–Trinajstić information content (AvgIpc) is 2.32. The van der Waals surface area contributed by atoms with Crippen LogP contribution in [-0.2, 0) is 11.2 Å². The molecule has 1 N–H and O–H groups in total. The standard InChI is InChI=1S/C13H16F5NO/c1-2-19-10(7-20-8-13(16,17)18)5-9-3-4-11(14)12(15)6-9/h3-4,6,10,19H,2,5,7-8H2,1H3. The molecule has 0 heterocycles. The molecule has 0 fully saturated rings. The zero-order valence-corrected chi connectivity index (χ0v) is 10.9. The van der Waals surface area contributed by atoms with Gasteiger partial charge in [0.2, 0.25) is 0 Å². The smallest absolute Gasteiger partial charge is 0.370 e. The summed E-state index contributed by atoms with van der Waals surface area (Å²) >= 11 is 0. The lowest BCUT2D eigenvalue weighted by molar-refractivity contribution is -0.175. The first kappa shape index (κ1) is 16.8. The number of alkyl halides is 3. The average molecular weight is 297 g/mol. The number of rotatable bonds is 7. The molecule has 0 saturated heterocycles. The Balaban J connectivity index is 2.55. The largest absolute Gasteiger partial charge is 0.411 e. The normalized spacial score (nSPS) is 13.5. The quantitative estimate of drug-likeness (QED) is 0.781. The number of halogens is 5. The van der Waals surface area contributed by atoms with E-state index in [1.807, 2.05) is 0 Å². The summed E-state index contributed by atoms with van der Waals surface area (Å²) in [5.74, 6) is -1.93. The van der Waals surface area contributed by atoms with Gasteiger partial charge in [-0.05, 0) is 30.7 Å². The van der Waals surface area contributed by atoms with Crippen LogP contribution < -0.4 is 5.32 Å². The Bertz CT molecular complexity index is 422. The Morgan fingerprint density at radius 1 is 1.20 bits per heavy atom. The first-order chi connectivity index (χ1) is 9.31. The zero-order valence-electron chi connectivity index (χ0n) is 10.9. The van der Waals surface area contributed by atoms with Gasteiger partial charge in [-0.25, -0.2) is 8.78 Å². The van der Waals surface area contributed by atoms with Crippen molar-refractivity contribution in [1.29, 1.82) is 0 Å². The molecule has 0 amide bonds. The molecule has 0 aliphatic carbocycles. The van der Waals surface area contributed by atoms with E-state index in [-0.39, 0.29) is 13.0 Å². The maximum Gasteiger partial charge on any atom is 0.411 e. The molecule has 1 atom stereocenters. The second-order valence-corrected chi connectivity index (χ2v) is 4.34. The van der Waals surface area contributed by atoms with E-state index in [0.29, 0.717) is 12.1 Å². The highest BCUT2D eigenvalue weighted by atomic mass is 19.4. The number of ether oxygens (including phenoxy) is 1. The highest BCUT2D eigenvalue weighted by Crippen LogP contribution is 2.15. The van der Waals surface area contributed by atoms with Gasteiger partial charge < -0.3 is 10.1 Å². The molecule has 1 rings (SSSR count). The molecule has 1 unspecified atom stereocenters. The predicted molar refractivity (Wildman–Crippen MR) is 64.4 cm³/mol. The summed E-state index contributed by atoms with van der Waals surface area (Å²) in [5.41, 5.74) is 0.491. The molecule has 2 nitrogen and oxygen atoms in total. The van der Waals surface area contributed by atoms with Crippen molar-refractivity contribution in [1.82, 2.24) is 5.32 Å². The second-order valence-electron chi connectivity index (χ2n) is 4.34. The lowest BCUT2D eigenvalue weighted by Crippen LogP contribution is -2.36. The highest BCUT2D eigenvalue weighted by molar-refractivity contribution is 5.18. The van der Waals surface area contributed by atoms with Crippen molar-refractivity contribution in [3.05, 3.63) is 35.4 Å². The first-order valence-corrected chi connectivity index (χ1v) is 6.13. The Kier molecular flexibility index (Phi) is 6.35. The Morgan fingerprint density at radius 2 is 1.90 bits per heavy atom. The summed E-state index contributed by atoms with van der Waals surface area (Å²) in [6, 6.07) is 3.02. The van der Waals surface area contributed by atoms with Crippen LogP contribution >= 0.6 is 0 Å². The number of hydrogen-bond donors (Lipinski definition) is 1. The summed E-state index contributed by atoms with van der Waals surface area (Å²) in [5, 5.41) is 2.94. The van der Waals surface area contributed by atoms with Gasteiger partial charge in [-0.15, -0.1) is 0 Å². The molecule has 0 spiro atoms. The third-order valence-electron chi connectivity index (χ3n) is 2.54. The zero-order chi connectivity index (χ0) is 15.2. The van der Waals surface area contributed by atoms with Gasteiger partial charge in [0, 0.05) is 6.04 Å². The van der Waals surface area contributed by atoms with Gasteiger partial charge in [0.05, 0.1) is 6.61 Å². The van der Waals surface area contributed by atoms with Gasteiger partial charge in [-0.3, -0.25) is 0 Å². The van der Waals surface area contributed by atoms with Gasteiger partial charge in [-0.2, -0.15) is 13.2 Å². The monoisotopic (exact) mass is 297 g/mol. The maximum atomic E-state index is 13.0. The molecule has 0 bridgehead atoms. The van der Waals surface area contributed by atoms with Crippen LogP contribution in [0.25, 0.3) is 0 Å². The molecule has 1 aromatic rings. The number of benzene rings is 1. The van der Waals surface area contributed by atoms with Crippen LogP contribution in [0.3, 0.4) is 0 Å². The number of nitrogens with one attached hydrogen (secondary N) is 1. The van der Waals surface area contributed by atoms with E-state index >= 15 is 0 Å². The maximum absolute atomic E-state index is 13.0. The van der Waals surface area contributed by atoms with Crippen molar-refractivity contribution in [2.75, 3.05) is 19.8 Å². The minimum atomic E-state index is -4.38. The molecular formula is C13H16F5NO. The predicted octanol–water partition coefficient (Wildman–Crippen LogP) is 3.06. The molecular weight excluding hydrogens is 281 g/mol. The van der Waals surface area contributed by atoms with E-state index in [9.17, 15) is 22.0 Å². The van der Waals surface area contributed by atoms with Crippen LogP contribution in [0.2, 0.25) is 0 Å². The molecule has 0 radical (unpaired) electrons. The Morgan fingerprint density at radius 3 is 2.45 bits per heavy atom. The molecule has 0 aliphatic rings. The van der Waals surface area contributed by atoms with Crippen molar-refractivity contribution in [2.45, 2.75) is 25.6 Å². The van der Waals surface area contributed by atoms with Crippen LogP contribution in [0, 0.1) is 11.6 Å². The van der Waals surface area contributed by atoms with Crippen LogP contribution in [0.5, 0.6) is 0 Å². The van der Waals surface area contributed by atoms with Crippen molar-refractivity contribution in [3.63, 3.8) is 0 Å². The summed E-state index contributed by atoms with van der Waals surface area (Å²) in [7, 11) is 0. The topological polar surface area (TPSA) is 21.3 Å². The van der Waals surface area contributed by atoms with Crippen molar-refractivity contribution in [2.24, 2.45) is 0 Å². The fraction of sp³-hybridized carbons (Fsp3) is 0.538. The van der Waals surface area contributed by atoms with Crippen LogP contribution in [0.4, 0.5) is 22.0 Å². The first-order valence-electron chi connectivity index (χ1n) is 6.13. The molecule has 1 aromatic carbocycles. The van der Waals surface area contributed by atoms with Gasteiger partial charge in [0.25, 0.3) is 0 Å². The second kappa shape index (κ2) is 7.54. The Labute approximate surface area is 113 Å². The Hall–Kier alpha value is -1.21. The fourth-order valence-electron chi connectivity index (χ4n) is 1.75. The molecule has 0 aliphatic heterocycles. The third kappa shape index (κ3) is 6.29. The van der Waals surface area contributed by atoms with Crippen LogP contribution in [0.1, 0.15) is 12.5 Å². The van der Waals surface area contributed by atoms with Crippen molar-refractivity contribution < 1.29 is 26.7 Å². The van der Waals surface area contributed by atoms with E-state index in [1.54, 1.807) is 6.92 Å². The van der Waals surface area contributed by atoms with Gasteiger partial charge >= 0.3 is 6.18 Å². The highest BCUT2D eigenvalue weighted by Gasteiger charge is 2.27. The fourth-order valence-corrected chi connectivity index (χ4v) is 1.75. The summed E-state index contributed by atoms with van der Waals surface area (Å²) < 4.78 is 66.3. The molecule has 0 saturated carbocycles. The number of hydrogen-bond acceptors (Lipinski definition) is 2. The van der Waals surface area contributed by atoms with Gasteiger partial charge in [0.1, 0.15) is 6.61 Å². The van der Waals surface area contributed by atoms with Gasteiger partial charge in [-0.1, -0.05) is 13.0 Å². The molecule has 20 heavy (non-hydrogen) atoms. The minimum absolute atomic E-state index is 0.160. The van der Waals surface area contributed by atoms with E-state index in [2.05, 4.69) is 10.1 Å². The minimum Gasteiger partial charge on any atom is -0.370 e. The number of likely N-dealkylation sites (N-methyl/N-ethyl adjacent to an activating group) is 1. The van der Waals surface area contributed by atoms with Crippen LogP contribution in [-0.4, -0.2) is 32.0 Å². The van der Waals surface area contributed by atoms with E-state index in [1.165, 1.54) is 6.07 Å². The van der Waals surface area contributed by atoms with Crippen molar-refractivity contribution in [3.8, 4) is 0 Å². The van der Waals surface area contributed by atoms with Crippen molar-refractivity contribution >= 4 is 0 Å². The lowest BCUT2D eigenvalue weighted by Gasteiger charge is -2.18. The van der Waals surface area contributed by atoms with Crippen LogP contribution in [0.15, 0.2) is 18.2 Å². The lowest BCUT2D eigenvalue weighted by atomic mass is 10.1. The van der Waals surface area contributed by atoms with E-state index in [0.717, 1.165) is 12.1 Å². The molecule has 7 heteroatoms. The molecule has 114 valence electrons. The molecule has 0 aromatic heterocycles.